The SMILES string of the molecule is O=C1/C(=C/C2CCCCC2)N2CCC1CC2. The largest absolute Gasteiger partial charge is 0.369 e. The molecule has 16 heavy (non-hydrogen) atoms. The fourth-order valence-corrected chi connectivity index (χ4v) is 3.46. The number of carbonyl (C=O) groups is 1. The summed E-state index contributed by atoms with van der Waals surface area (Å²) < 4.78 is 0. The summed E-state index contributed by atoms with van der Waals surface area (Å²) in [6.45, 7) is 2.24. The first-order chi connectivity index (χ1) is 7.84. The summed E-state index contributed by atoms with van der Waals surface area (Å²) in [5.41, 5.74) is 1.08. The quantitative estimate of drug-likeness (QED) is 0.632. The van der Waals surface area contributed by atoms with Gasteiger partial charge in [0.2, 0.25) is 0 Å². The van der Waals surface area contributed by atoms with E-state index < -0.39 is 0 Å². The molecular formula is C14H21NO. The highest BCUT2D eigenvalue weighted by atomic mass is 16.1. The van der Waals surface area contributed by atoms with E-state index in [2.05, 4.69) is 11.0 Å². The molecule has 3 heterocycles. The van der Waals surface area contributed by atoms with Crippen LogP contribution in [0.3, 0.4) is 0 Å². The molecule has 1 aliphatic carbocycles. The molecular weight excluding hydrogens is 198 g/mol. The summed E-state index contributed by atoms with van der Waals surface area (Å²) in [6.07, 6.45) is 11.2. The van der Waals surface area contributed by atoms with Gasteiger partial charge in [-0.1, -0.05) is 25.3 Å². The lowest BCUT2D eigenvalue weighted by Gasteiger charge is -2.41. The van der Waals surface area contributed by atoms with Crippen LogP contribution in [0.25, 0.3) is 0 Å². The van der Waals surface area contributed by atoms with Gasteiger partial charge in [-0.15, -0.1) is 0 Å². The minimum absolute atomic E-state index is 0.361. The van der Waals surface area contributed by atoms with E-state index in [4.69, 9.17) is 0 Å². The molecule has 1 saturated carbocycles. The van der Waals surface area contributed by atoms with Gasteiger partial charge in [0.25, 0.3) is 0 Å². The average Bonchev–Trinajstić information content (AvgIpc) is 2.36. The maximum Gasteiger partial charge on any atom is 0.181 e. The van der Waals surface area contributed by atoms with Crippen molar-refractivity contribution in [2.45, 2.75) is 44.9 Å². The Bertz CT molecular complexity index is 307. The molecule has 0 aromatic carbocycles. The zero-order valence-electron chi connectivity index (χ0n) is 9.95. The Morgan fingerprint density at radius 1 is 1.00 bits per heavy atom. The van der Waals surface area contributed by atoms with Gasteiger partial charge in [-0.25, -0.2) is 0 Å². The zero-order chi connectivity index (χ0) is 11.0. The zero-order valence-corrected chi connectivity index (χ0v) is 9.95. The molecule has 0 unspecified atom stereocenters. The van der Waals surface area contributed by atoms with Gasteiger partial charge in [0.1, 0.15) is 0 Å². The van der Waals surface area contributed by atoms with Crippen molar-refractivity contribution in [1.82, 2.24) is 4.90 Å². The van der Waals surface area contributed by atoms with Gasteiger partial charge in [0.05, 0.1) is 5.70 Å². The van der Waals surface area contributed by atoms with Crippen molar-refractivity contribution in [3.05, 3.63) is 11.8 Å². The second-order valence-electron chi connectivity index (χ2n) is 5.58. The third-order valence-electron chi connectivity index (χ3n) is 4.50. The van der Waals surface area contributed by atoms with Crippen molar-refractivity contribution in [2.24, 2.45) is 11.8 Å². The van der Waals surface area contributed by atoms with Gasteiger partial charge in [0.15, 0.2) is 5.78 Å². The Kier molecular flexibility index (Phi) is 2.74. The van der Waals surface area contributed by atoms with Crippen molar-refractivity contribution >= 4 is 5.78 Å². The highest BCUT2D eigenvalue weighted by Crippen LogP contribution is 2.34. The van der Waals surface area contributed by atoms with E-state index in [1.54, 1.807) is 0 Å². The molecule has 0 atom stereocenters. The number of piperidine rings is 3. The van der Waals surface area contributed by atoms with Gasteiger partial charge in [-0.3, -0.25) is 4.79 Å². The lowest BCUT2D eigenvalue weighted by Crippen LogP contribution is -2.46. The van der Waals surface area contributed by atoms with Gasteiger partial charge in [0, 0.05) is 19.0 Å². The van der Waals surface area contributed by atoms with Crippen LogP contribution in [0.4, 0.5) is 0 Å². The van der Waals surface area contributed by atoms with Crippen molar-refractivity contribution in [3.63, 3.8) is 0 Å². The first-order valence-corrected chi connectivity index (χ1v) is 6.85. The van der Waals surface area contributed by atoms with Crippen molar-refractivity contribution in [2.75, 3.05) is 13.1 Å². The third kappa shape index (κ3) is 1.79. The second-order valence-corrected chi connectivity index (χ2v) is 5.58. The Labute approximate surface area is 97.7 Å². The Hall–Kier alpha value is -0.790. The van der Waals surface area contributed by atoms with Crippen molar-refractivity contribution in [1.29, 1.82) is 0 Å². The van der Waals surface area contributed by atoms with E-state index in [-0.39, 0.29) is 0 Å². The van der Waals surface area contributed by atoms with Crippen LogP contribution in [-0.4, -0.2) is 23.8 Å². The number of nitrogens with zero attached hydrogens (tertiary/aromatic N) is 1. The molecule has 3 saturated heterocycles. The topological polar surface area (TPSA) is 20.3 Å². The molecule has 0 aromatic heterocycles. The fraction of sp³-hybridized carbons (Fsp3) is 0.786. The van der Waals surface area contributed by atoms with Crippen LogP contribution in [0, 0.1) is 11.8 Å². The van der Waals surface area contributed by atoms with Crippen LogP contribution in [0.5, 0.6) is 0 Å². The highest BCUT2D eigenvalue weighted by molar-refractivity contribution is 5.98. The van der Waals surface area contributed by atoms with Crippen LogP contribution in [0.1, 0.15) is 44.9 Å². The molecule has 4 fully saturated rings. The van der Waals surface area contributed by atoms with Gasteiger partial charge >= 0.3 is 0 Å². The van der Waals surface area contributed by atoms with Crippen LogP contribution >= 0.6 is 0 Å². The number of ketones is 1. The van der Waals surface area contributed by atoms with Gasteiger partial charge in [-0.2, -0.15) is 0 Å². The number of hydrogen-bond acceptors (Lipinski definition) is 2. The summed E-state index contributed by atoms with van der Waals surface area (Å²) in [5, 5.41) is 0. The van der Waals surface area contributed by atoms with Crippen LogP contribution in [0.15, 0.2) is 11.8 Å². The molecule has 4 aliphatic rings. The second kappa shape index (κ2) is 4.23. The predicted molar refractivity (Wildman–Crippen MR) is 64.0 cm³/mol. The average molecular weight is 219 g/mol. The van der Waals surface area contributed by atoms with Gasteiger partial charge in [-0.05, 0) is 31.6 Å². The molecule has 0 aromatic rings. The van der Waals surface area contributed by atoms with E-state index in [1.807, 2.05) is 0 Å². The normalized spacial score (nSPS) is 30.4. The summed E-state index contributed by atoms with van der Waals surface area (Å²) in [6, 6.07) is 0. The molecule has 0 N–H and O–H groups in total. The highest BCUT2D eigenvalue weighted by Gasteiger charge is 2.36. The maximum atomic E-state index is 12.2. The van der Waals surface area contributed by atoms with Crippen molar-refractivity contribution in [3.8, 4) is 0 Å². The third-order valence-corrected chi connectivity index (χ3v) is 4.50. The molecule has 2 nitrogen and oxygen atoms in total. The number of allylic oxidation sites excluding steroid dienone is 2. The standard InChI is InChI=1S/C14H21NO/c16-14-12-6-8-15(9-7-12)13(14)10-11-4-2-1-3-5-11/h10-12H,1-9H2/b13-10-. The smallest absolute Gasteiger partial charge is 0.181 e. The van der Waals surface area contributed by atoms with E-state index in [9.17, 15) is 4.79 Å². The summed E-state index contributed by atoms with van der Waals surface area (Å²) in [5.74, 6) is 1.50. The molecule has 4 rings (SSSR count). The molecule has 0 radical (unpaired) electrons. The van der Waals surface area contributed by atoms with Crippen LogP contribution in [0.2, 0.25) is 0 Å². The molecule has 2 heteroatoms. The molecule has 88 valence electrons. The minimum Gasteiger partial charge on any atom is -0.369 e. The van der Waals surface area contributed by atoms with E-state index >= 15 is 0 Å². The lowest BCUT2D eigenvalue weighted by molar-refractivity contribution is -0.125. The number of hydrogen-bond donors (Lipinski definition) is 0. The van der Waals surface area contributed by atoms with Crippen LogP contribution in [-0.2, 0) is 4.79 Å². The number of fused-ring (bicyclic) bond motifs is 3. The Balaban J connectivity index is 1.77. The predicted octanol–water partition coefficient (Wildman–Crippen LogP) is 2.75. The molecule has 3 aliphatic heterocycles. The number of carbonyl (C=O) groups excluding carboxylic acids is 1. The summed E-state index contributed by atoms with van der Waals surface area (Å²) in [4.78, 5) is 14.5. The van der Waals surface area contributed by atoms with E-state index in [1.165, 1.54) is 32.1 Å². The van der Waals surface area contributed by atoms with Gasteiger partial charge < -0.3 is 4.90 Å². The summed E-state index contributed by atoms with van der Waals surface area (Å²) in [7, 11) is 0. The first kappa shape index (κ1) is 10.4. The first-order valence-electron chi connectivity index (χ1n) is 6.85. The van der Waals surface area contributed by atoms with Crippen molar-refractivity contribution < 1.29 is 4.79 Å². The lowest BCUT2D eigenvalue weighted by atomic mass is 9.82. The number of rotatable bonds is 1. The Morgan fingerprint density at radius 2 is 1.69 bits per heavy atom. The Morgan fingerprint density at radius 3 is 2.31 bits per heavy atom. The molecule has 0 spiro atoms. The summed E-state index contributed by atoms with van der Waals surface area (Å²) >= 11 is 0. The van der Waals surface area contributed by atoms with E-state index in [0.717, 1.165) is 31.6 Å². The molecule has 0 amide bonds. The number of Topliss-reactive ketones (excluding diaryl/α,β-unsaturated/α-hetero) is 1. The van der Waals surface area contributed by atoms with E-state index in [0.29, 0.717) is 17.6 Å². The minimum atomic E-state index is 0.361. The maximum absolute atomic E-state index is 12.2. The monoisotopic (exact) mass is 219 g/mol. The fourth-order valence-electron chi connectivity index (χ4n) is 3.46. The molecule has 2 bridgehead atoms. The van der Waals surface area contributed by atoms with Crippen LogP contribution < -0.4 is 0 Å².